The number of carbonyl (C=O) groups excluding carboxylic acids is 3. The van der Waals surface area contributed by atoms with E-state index in [1.165, 1.54) is 6.92 Å². The van der Waals surface area contributed by atoms with Crippen molar-refractivity contribution in [2.75, 3.05) is 33.4 Å². The first-order valence-corrected chi connectivity index (χ1v) is 8.88. The van der Waals surface area contributed by atoms with Gasteiger partial charge < -0.3 is 20.3 Å². The smallest absolute Gasteiger partial charge is 0.226 e. The van der Waals surface area contributed by atoms with Crippen LogP contribution in [0.1, 0.15) is 24.9 Å². The third-order valence-corrected chi connectivity index (χ3v) is 4.67. The van der Waals surface area contributed by atoms with Crippen LogP contribution >= 0.6 is 11.6 Å². The van der Waals surface area contributed by atoms with Crippen molar-refractivity contribution < 1.29 is 19.1 Å². The molecular weight excluding hydrogens is 358 g/mol. The summed E-state index contributed by atoms with van der Waals surface area (Å²) in [4.78, 5) is 37.7. The van der Waals surface area contributed by atoms with Gasteiger partial charge in [-0.1, -0.05) is 29.8 Å². The summed E-state index contributed by atoms with van der Waals surface area (Å²) in [5.74, 6) is -1.03. The van der Waals surface area contributed by atoms with E-state index >= 15 is 0 Å². The highest BCUT2D eigenvalue weighted by Crippen LogP contribution is 2.40. The summed E-state index contributed by atoms with van der Waals surface area (Å²) >= 11 is 6.33. The Morgan fingerprint density at radius 2 is 1.96 bits per heavy atom. The predicted molar refractivity (Wildman–Crippen MR) is 97.6 cm³/mol. The van der Waals surface area contributed by atoms with Gasteiger partial charge in [-0.05, 0) is 11.6 Å². The average molecular weight is 382 g/mol. The Morgan fingerprint density at radius 3 is 2.62 bits per heavy atom. The third-order valence-electron chi connectivity index (χ3n) is 4.33. The molecule has 1 saturated heterocycles. The third kappa shape index (κ3) is 4.95. The summed E-state index contributed by atoms with van der Waals surface area (Å²) in [6.07, 6.45) is 0.117. The van der Waals surface area contributed by atoms with Gasteiger partial charge in [-0.3, -0.25) is 14.4 Å². The zero-order valence-corrected chi connectivity index (χ0v) is 15.7. The van der Waals surface area contributed by atoms with E-state index in [2.05, 4.69) is 10.6 Å². The van der Waals surface area contributed by atoms with E-state index in [4.69, 9.17) is 16.3 Å². The number of hydrogen-bond donors (Lipinski definition) is 2. The lowest BCUT2D eigenvalue weighted by Crippen LogP contribution is -2.39. The van der Waals surface area contributed by atoms with Crippen LogP contribution in [0.5, 0.6) is 0 Å². The molecule has 3 amide bonds. The van der Waals surface area contributed by atoms with E-state index in [1.54, 1.807) is 18.1 Å². The number of likely N-dealkylation sites (tertiary alicyclic amines) is 1. The molecule has 2 N–H and O–H groups in total. The van der Waals surface area contributed by atoms with Crippen molar-refractivity contribution in [3.8, 4) is 0 Å². The highest BCUT2D eigenvalue weighted by Gasteiger charge is 2.44. The maximum atomic E-state index is 12.7. The van der Waals surface area contributed by atoms with Crippen LogP contribution in [0.15, 0.2) is 24.3 Å². The Bertz CT molecular complexity index is 668. The minimum Gasteiger partial charge on any atom is -0.383 e. The quantitative estimate of drug-likeness (QED) is 0.661. The molecular formula is C18H24ClN3O4. The molecule has 1 aromatic rings. The van der Waals surface area contributed by atoms with Gasteiger partial charge in [-0.25, -0.2) is 0 Å². The van der Waals surface area contributed by atoms with E-state index in [1.807, 2.05) is 18.2 Å². The molecule has 26 heavy (non-hydrogen) atoms. The van der Waals surface area contributed by atoms with E-state index in [-0.39, 0.29) is 24.1 Å². The molecule has 1 aromatic carbocycles. The summed E-state index contributed by atoms with van der Waals surface area (Å²) in [5.41, 5.74) is 0.748. The van der Waals surface area contributed by atoms with Crippen molar-refractivity contribution in [1.29, 1.82) is 0 Å². The second-order valence-electron chi connectivity index (χ2n) is 6.13. The van der Waals surface area contributed by atoms with E-state index in [0.717, 1.165) is 5.56 Å². The Kier molecular flexibility index (Phi) is 7.41. The molecule has 0 aliphatic carbocycles. The lowest BCUT2D eigenvalue weighted by molar-refractivity contribution is -0.129. The van der Waals surface area contributed by atoms with Crippen molar-refractivity contribution in [2.24, 2.45) is 5.92 Å². The van der Waals surface area contributed by atoms with Crippen molar-refractivity contribution in [1.82, 2.24) is 15.5 Å². The first kappa shape index (κ1) is 20.2. The van der Waals surface area contributed by atoms with Gasteiger partial charge in [0.25, 0.3) is 0 Å². The van der Waals surface area contributed by atoms with Crippen LogP contribution in [-0.4, -0.2) is 56.0 Å². The summed E-state index contributed by atoms with van der Waals surface area (Å²) in [7, 11) is 1.57. The van der Waals surface area contributed by atoms with E-state index in [9.17, 15) is 14.4 Å². The number of benzene rings is 1. The summed E-state index contributed by atoms with van der Waals surface area (Å²) in [6.45, 7) is 2.82. The fourth-order valence-corrected chi connectivity index (χ4v) is 3.38. The lowest BCUT2D eigenvalue weighted by atomic mass is 9.92. The summed E-state index contributed by atoms with van der Waals surface area (Å²) in [5, 5.41) is 5.93. The minimum absolute atomic E-state index is 0.103. The Morgan fingerprint density at radius 1 is 1.27 bits per heavy atom. The van der Waals surface area contributed by atoms with Crippen molar-refractivity contribution in [3.05, 3.63) is 34.9 Å². The maximum Gasteiger partial charge on any atom is 0.226 e. The van der Waals surface area contributed by atoms with Gasteiger partial charge in [-0.15, -0.1) is 0 Å². The predicted octanol–water partition coefficient (Wildman–Crippen LogP) is 1.13. The molecule has 142 valence electrons. The SMILES string of the molecule is COCCN1C(=O)C[C@@H](C(=O)NCCNC(C)=O)[C@@H]1c1ccccc1Cl. The Labute approximate surface area is 158 Å². The second-order valence-corrected chi connectivity index (χ2v) is 6.54. The number of hydrogen-bond acceptors (Lipinski definition) is 4. The van der Waals surface area contributed by atoms with Gasteiger partial charge in [-0.2, -0.15) is 0 Å². The molecule has 0 saturated carbocycles. The van der Waals surface area contributed by atoms with Crippen molar-refractivity contribution >= 4 is 29.3 Å². The molecule has 0 unspecified atom stereocenters. The molecule has 0 bridgehead atoms. The number of nitrogens with zero attached hydrogens (tertiary/aromatic N) is 1. The van der Waals surface area contributed by atoms with Crippen LogP contribution in [0.25, 0.3) is 0 Å². The average Bonchev–Trinajstić information content (AvgIpc) is 2.93. The van der Waals surface area contributed by atoms with Gasteiger partial charge in [0.15, 0.2) is 0 Å². The molecule has 7 nitrogen and oxygen atoms in total. The number of amides is 3. The summed E-state index contributed by atoms with van der Waals surface area (Å²) in [6, 6.07) is 6.80. The van der Waals surface area contributed by atoms with E-state index < -0.39 is 12.0 Å². The maximum absolute atomic E-state index is 12.7. The van der Waals surface area contributed by atoms with Crippen LogP contribution in [0.3, 0.4) is 0 Å². The molecule has 1 fully saturated rings. The van der Waals surface area contributed by atoms with Crippen LogP contribution in [0.2, 0.25) is 5.02 Å². The summed E-state index contributed by atoms with van der Waals surface area (Å²) < 4.78 is 5.10. The Hall–Kier alpha value is -2.12. The van der Waals surface area contributed by atoms with Crippen LogP contribution in [-0.2, 0) is 19.1 Å². The molecule has 0 spiro atoms. The van der Waals surface area contributed by atoms with Crippen molar-refractivity contribution in [3.63, 3.8) is 0 Å². The topological polar surface area (TPSA) is 87.7 Å². The lowest BCUT2D eigenvalue weighted by Gasteiger charge is -2.28. The standard InChI is InChI=1S/C18H24ClN3O4/c1-12(23)20-7-8-21-18(25)14-11-16(24)22(9-10-26-2)17(14)13-5-3-4-6-15(13)19/h3-6,14,17H,7-11H2,1-2H3,(H,20,23)(H,21,25)/t14-,17+/m1/s1. The number of ether oxygens (including phenoxy) is 1. The molecule has 1 aliphatic heterocycles. The molecule has 8 heteroatoms. The minimum atomic E-state index is -0.545. The largest absolute Gasteiger partial charge is 0.383 e. The normalized spacial score (nSPS) is 19.5. The van der Waals surface area contributed by atoms with Gasteiger partial charge >= 0.3 is 0 Å². The van der Waals surface area contributed by atoms with E-state index in [0.29, 0.717) is 31.3 Å². The van der Waals surface area contributed by atoms with Crippen molar-refractivity contribution in [2.45, 2.75) is 19.4 Å². The molecule has 0 radical (unpaired) electrons. The Balaban J connectivity index is 2.17. The first-order chi connectivity index (χ1) is 12.5. The molecule has 1 heterocycles. The van der Waals surface area contributed by atoms with Gasteiger partial charge in [0.05, 0.1) is 18.6 Å². The van der Waals surface area contributed by atoms with Gasteiger partial charge in [0.2, 0.25) is 17.7 Å². The molecule has 0 aromatic heterocycles. The molecule has 2 rings (SSSR count). The fraction of sp³-hybridized carbons (Fsp3) is 0.500. The second kappa shape index (κ2) is 9.54. The van der Waals surface area contributed by atoms with Crippen LogP contribution in [0, 0.1) is 5.92 Å². The van der Waals surface area contributed by atoms with Crippen LogP contribution in [0.4, 0.5) is 0 Å². The molecule has 1 aliphatic rings. The van der Waals surface area contributed by atoms with Gasteiger partial charge in [0, 0.05) is 45.1 Å². The monoisotopic (exact) mass is 381 g/mol. The zero-order valence-electron chi connectivity index (χ0n) is 15.0. The van der Waals surface area contributed by atoms with Gasteiger partial charge in [0.1, 0.15) is 0 Å². The number of nitrogens with one attached hydrogen (secondary N) is 2. The first-order valence-electron chi connectivity index (χ1n) is 8.50. The highest BCUT2D eigenvalue weighted by atomic mass is 35.5. The molecule has 2 atom stereocenters. The fourth-order valence-electron chi connectivity index (χ4n) is 3.13. The number of methoxy groups -OCH3 is 1. The highest BCUT2D eigenvalue weighted by molar-refractivity contribution is 6.31. The zero-order chi connectivity index (χ0) is 19.1. The number of carbonyl (C=O) groups is 3. The van der Waals surface area contributed by atoms with Crippen LogP contribution < -0.4 is 10.6 Å². The number of rotatable bonds is 8. The number of halogens is 1.